The van der Waals surface area contributed by atoms with E-state index in [0.29, 0.717) is 44.1 Å². The number of hydrogen-bond donors (Lipinski definition) is 0. The number of azide groups is 1. The largest absolute Gasteiger partial charge is 0.487 e. The van der Waals surface area contributed by atoms with E-state index in [0.717, 1.165) is 16.5 Å². The van der Waals surface area contributed by atoms with Gasteiger partial charge in [-0.25, -0.2) is 14.3 Å². The van der Waals surface area contributed by atoms with Gasteiger partial charge in [0.05, 0.1) is 27.6 Å². The number of hydrogen-bond acceptors (Lipinski definition) is 9. The van der Waals surface area contributed by atoms with Gasteiger partial charge in [0.1, 0.15) is 41.6 Å². The molecule has 50 heavy (non-hydrogen) atoms. The van der Waals surface area contributed by atoms with Crippen LogP contribution in [0.3, 0.4) is 0 Å². The number of rotatable bonds is 7. The molecule has 3 aromatic heterocycles. The highest BCUT2D eigenvalue weighted by Gasteiger charge is 2.07. The van der Waals surface area contributed by atoms with E-state index >= 15 is 0 Å². The lowest BCUT2D eigenvalue weighted by Crippen LogP contribution is -1.97. The Morgan fingerprint density at radius 2 is 1.40 bits per heavy atom. The summed E-state index contributed by atoms with van der Waals surface area (Å²) in [6.07, 6.45) is 6.84. The van der Waals surface area contributed by atoms with E-state index in [1.807, 2.05) is 18.2 Å². The summed E-state index contributed by atoms with van der Waals surface area (Å²) in [5.41, 5.74) is 10.2. The molecular formula is C36H24Cl2N6O6. The predicted octanol–water partition coefficient (Wildman–Crippen LogP) is 8.69. The standard InChI is InChI=1S/C18H12ClN3O3.C12H8O3.C6H4ClN3/c19-15-3-1-2-4-16(15)22-10-13(20-21-22)11-24-14-6-7-17-12(9-14)5-8-18(23)25-17;1-2-7-14-10-4-5-11-9(8-10)3-6-12(13)15-11;7-5-3-1-2-4-6(5)9-10-8/h1-10H,11H2;1,3-6,8H,7H2;1-4H. The zero-order chi connectivity index (χ0) is 35.3. The number of halogens is 2. The van der Waals surface area contributed by atoms with Crippen molar-refractivity contribution in [2.75, 3.05) is 6.61 Å². The van der Waals surface area contributed by atoms with Crippen LogP contribution in [0, 0.1) is 12.3 Å². The number of fused-ring (bicyclic) bond motifs is 2. The second kappa shape index (κ2) is 17.1. The first-order valence-electron chi connectivity index (χ1n) is 14.6. The Morgan fingerprint density at radius 3 is 2.00 bits per heavy atom. The van der Waals surface area contributed by atoms with E-state index in [-0.39, 0.29) is 24.5 Å². The minimum absolute atomic E-state index is 0.224. The number of para-hydroxylation sites is 1. The maximum Gasteiger partial charge on any atom is 0.336 e. The molecule has 0 amide bonds. The van der Waals surface area contributed by atoms with Crippen LogP contribution < -0.4 is 20.7 Å². The first-order chi connectivity index (χ1) is 24.3. The molecule has 0 radical (unpaired) electrons. The normalized spacial score (nSPS) is 10.1. The molecule has 0 unspecified atom stereocenters. The highest BCUT2D eigenvalue weighted by molar-refractivity contribution is 6.33. The van der Waals surface area contributed by atoms with Crippen LogP contribution in [-0.2, 0) is 6.61 Å². The van der Waals surface area contributed by atoms with Crippen LogP contribution in [0.25, 0.3) is 38.1 Å². The van der Waals surface area contributed by atoms with Gasteiger partial charge in [-0.3, -0.25) is 0 Å². The fourth-order valence-corrected chi connectivity index (χ4v) is 4.66. The van der Waals surface area contributed by atoms with E-state index in [9.17, 15) is 9.59 Å². The van der Waals surface area contributed by atoms with Crippen LogP contribution in [0.15, 0.2) is 139 Å². The topological polar surface area (TPSA) is 158 Å². The lowest BCUT2D eigenvalue weighted by atomic mass is 10.2. The zero-order valence-electron chi connectivity index (χ0n) is 25.8. The smallest absolute Gasteiger partial charge is 0.336 e. The summed E-state index contributed by atoms with van der Waals surface area (Å²) in [4.78, 5) is 24.7. The van der Waals surface area contributed by atoms with Crippen molar-refractivity contribution in [2.45, 2.75) is 6.61 Å². The Morgan fingerprint density at radius 1 is 0.800 bits per heavy atom. The average Bonchev–Trinajstić information content (AvgIpc) is 3.60. The molecule has 0 atom stereocenters. The second-order valence-electron chi connectivity index (χ2n) is 9.94. The zero-order valence-corrected chi connectivity index (χ0v) is 27.4. The summed E-state index contributed by atoms with van der Waals surface area (Å²) < 4.78 is 22.6. The van der Waals surface area contributed by atoms with Crippen LogP contribution in [0.5, 0.6) is 11.5 Å². The van der Waals surface area contributed by atoms with Crippen LogP contribution in [0.2, 0.25) is 10.0 Å². The van der Waals surface area contributed by atoms with Crippen LogP contribution in [-0.4, -0.2) is 21.6 Å². The third kappa shape index (κ3) is 9.53. The molecule has 0 aliphatic heterocycles. The van der Waals surface area contributed by atoms with Gasteiger partial charge in [-0.05, 0) is 72.3 Å². The van der Waals surface area contributed by atoms with Gasteiger partial charge in [-0.2, -0.15) is 0 Å². The summed E-state index contributed by atoms with van der Waals surface area (Å²) in [7, 11) is 0. The highest BCUT2D eigenvalue weighted by atomic mass is 35.5. The van der Waals surface area contributed by atoms with Gasteiger partial charge in [-0.1, -0.05) is 69.8 Å². The van der Waals surface area contributed by atoms with E-state index in [2.05, 4.69) is 26.3 Å². The minimum Gasteiger partial charge on any atom is -0.487 e. The molecule has 0 aliphatic rings. The fourth-order valence-electron chi connectivity index (χ4n) is 4.26. The van der Waals surface area contributed by atoms with Crippen molar-refractivity contribution in [3.8, 4) is 29.5 Å². The molecule has 7 rings (SSSR count). The van der Waals surface area contributed by atoms with Crippen molar-refractivity contribution in [3.05, 3.63) is 162 Å². The molecule has 248 valence electrons. The number of benzene rings is 4. The van der Waals surface area contributed by atoms with Crippen LogP contribution in [0.1, 0.15) is 5.69 Å². The molecule has 7 aromatic rings. The van der Waals surface area contributed by atoms with Crippen LogP contribution >= 0.6 is 23.2 Å². The Kier molecular flexibility index (Phi) is 11.9. The third-order valence-electron chi connectivity index (χ3n) is 6.54. The van der Waals surface area contributed by atoms with E-state index in [4.69, 9.17) is 53.5 Å². The molecule has 0 spiro atoms. The van der Waals surface area contributed by atoms with Crippen LogP contribution in [0.4, 0.5) is 5.69 Å². The van der Waals surface area contributed by atoms with E-state index in [1.165, 1.54) is 12.1 Å². The Balaban J connectivity index is 0.000000164. The highest BCUT2D eigenvalue weighted by Crippen LogP contribution is 2.24. The van der Waals surface area contributed by atoms with Crippen molar-refractivity contribution < 1.29 is 18.3 Å². The molecule has 0 saturated carbocycles. The second-order valence-corrected chi connectivity index (χ2v) is 10.8. The molecule has 0 bridgehead atoms. The summed E-state index contributed by atoms with van der Waals surface area (Å²) in [6, 6.07) is 30.8. The molecule has 3 heterocycles. The summed E-state index contributed by atoms with van der Waals surface area (Å²) in [6.45, 7) is 0.481. The molecule has 4 aromatic carbocycles. The van der Waals surface area contributed by atoms with Crippen molar-refractivity contribution in [3.63, 3.8) is 0 Å². The monoisotopic (exact) mass is 706 g/mol. The number of ether oxygens (including phenoxy) is 2. The summed E-state index contributed by atoms with van der Waals surface area (Å²) in [5.74, 6) is 3.69. The van der Waals surface area contributed by atoms with Crippen molar-refractivity contribution >= 4 is 50.8 Å². The van der Waals surface area contributed by atoms with Gasteiger partial charge in [0, 0.05) is 27.8 Å². The quantitative estimate of drug-likeness (QED) is 0.0523. The molecule has 0 saturated heterocycles. The van der Waals surface area contributed by atoms with Gasteiger partial charge in [0.2, 0.25) is 0 Å². The first kappa shape index (κ1) is 34.8. The maximum absolute atomic E-state index is 11.2. The number of nitrogens with zero attached hydrogens (tertiary/aromatic N) is 6. The Bertz CT molecular complexity index is 2470. The fraction of sp³-hybridized carbons (Fsp3) is 0.0556. The van der Waals surface area contributed by atoms with Gasteiger partial charge in [0.25, 0.3) is 0 Å². The summed E-state index contributed by atoms with van der Waals surface area (Å²) in [5, 5.41) is 14.2. The van der Waals surface area contributed by atoms with Crippen molar-refractivity contribution in [2.24, 2.45) is 5.11 Å². The summed E-state index contributed by atoms with van der Waals surface area (Å²) >= 11 is 11.8. The van der Waals surface area contributed by atoms with Gasteiger partial charge in [-0.15, -0.1) is 11.5 Å². The molecule has 12 nitrogen and oxygen atoms in total. The Hall–Kier alpha value is -6.51. The first-order valence-corrected chi connectivity index (χ1v) is 15.3. The van der Waals surface area contributed by atoms with Crippen molar-refractivity contribution in [1.29, 1.82) is 0 Å². The number of terminal acetylenes is 1. The maximum atomic E-state index is 11.2. The molecule has 0 fully saturated rings. The molecular weight excluding hydrogens is 683 g/mol. The lowest BCUT2D eigenvalue weighted by molar-refractivity contribution is 0.301. The minimum atomic E-state index is -0.377. The average molecular weight is 708 g/mol. The lowest BCUT2D eigenvalue weighted by Gasteiger charge is -2.05. The SMILES string of the molecule is C#CCOc1ccc2oc(=O)ccc2c1.O=c1ccc2cc(OCc3cn(-c4ccccc4Cl)nn3)ccc2o1.[N-]=[N+]=Nc1ccccc1Cl. The van der Waals surface area contributed by atoms with Gasteiger partial charge < -0.3 is 18.3 Å². The van der Waals surface area contributed by atoms with E-state index in [1.54, 1.807) is 89.7 Å². The van der Waals surface area contributed by atoms with Crippen molar-refractivity contribution in [1.82, 2.24) is 15.0 Å². The van der Waals surface area contributed by atoms with Gasteiger partial charge >= 0.3 is 11.3 Å². The molecule has 0 aliphatic carbocycles. The Labute approximate surface area is 293 Å². The third-order valence-corrected chi connectivity index (χ3v) is 7.17. The molecule has 0 N–H and O–H groups in total. The molecule has 14 heteroatoms. The predicted molar refractivity (Wildman–Crippen MR) is 190 cm³/mol. The van der Waals surface area contributed by atoms with Gasteiger partial charge in [0.15, 0.2) is 0 Å². The van der Waals surface area contributed by atoms with E-state index < -0.39 is 0 Å². The number of aromatic nitrogens is 3.